The zero-order valence-corrected chi connectivity index (χ0v) is 19.1. The molecule has 4 aromatic rings. The van der Waals surface area contributed by atoms with Gasteiger partial charge in [0.25, 0.3) is 5.91 Å². The van der Waals surface area contributed by atoms with Crippen molar-refractivity contribution < 1.29 is 14.5 Å². The summed E-state index contributed by atoms with van der Waals surface area (Å²) in [5.74, 6) is -0.257. The third-order valence-electron chi connectivity index (χ3n) is 5.32. The number of benzene rings is 2. The molecule has 174 valence electrons. The number of carbonyl (C=O) groups excluding carboxylic acids is 1. The lowest BCUT2D eigenvalue weighted by molar-refractivity contribution is -0.386. The second-order valence-electron chi connectivity index (χ2n) is 7.89. The molecule has 0 spiro atoms. The van der Waals surface area contributed by atoms with Crippen LogP contribution in [0.1, 0.15) is 33.0 Å². The average molecular weight is 460 g/mol. The largest absolute Gasteiger partial charge is 0.464 e. The zero-order chi connectivity index (χ0) is 24.2. The van der Waals surface area contributed by atoms with Gasteiger partial charge in [0.05, 0.1) is 28.5 Å². The van der Waals surface area contributed by atoms with Crippen molar-refractivity contribution in [2.75, 3.05) is 5.32 Å². The quantitative estimate of drug-likeness (QED) is 0.310. The molecule has 2 aromatic carbocycles. The number of rotatable bonds is 8. The predicted molar refractivity (Wildman–Crippen MR) is 126 cm³/mol. The monoisotopic (exact) mass is 460 g/mol. The zero-order valence-electron chi connectivity index (χ0n) is 19.1. The van der Waals surface area contributed by atoms with Gasteiger partial charge in [0, 0.05) is 12.3 Å². The molecule has 10 nitrogen and oxygen atoms in total. The number of aromatic nitrogens is 4. The van der Waals surface area contributed by atoms with E-state index < -0.39 is 4.92 Å². The molecule has 34 heavy (non-hydrogen) atoms. The van der Waals surface area contributed by atoms with E-state index in [1.807, 2.05) is 43.7 Å². The van der Waals surface area contributed by atoms with Gasteiger partial charge in [-0.25, -0.2) is 4.68 Å². The fraction of sp³-hybridized carbons (Fsp3) is 0.208. The van der Waals surface area contributed by atoms with E-state index in [0.29, 0.717) is 17.9 Å². The molecule has 2 aromatic heterocycles. The van der Waals surface area contributed by atoms with E-state index in [-0.39, 0.29) is 29.8 Å². The Morgan fingerprint density at radius 3 is 2.65 bits per heavy atom. The van der Waals surface area contributed by atoms with Crippen LogP contribution in [0.15, 0.2) is 60.8 Å². The number of amides is 1. The fourth-order valence-corrected chi connectivity index (χ4v) is 3.61. The van der Waals surface area contributed by atoms with Crippen molar-refractivity contribution in [2.24, 2.45) is 0 Å². The number of ether oxygens (including phenoxy) is 1. The number of nitro benzene ring substituents is 1. The molecule has 2 heterocycles. The number of para-hydroxylation sites is 2. The highest BCUT2D eigenvalue weighted by Gasteiger charge is 2.18. The van der Waals surface area contributed by atoms with E-state index in [1.165, 1.54) is 22.4 Å². The molecule has 4 rings (SSSR count). The first-order chi connectivity index (χ1) is 16.3. The first-order valence-electron chi connectivity index (χ1n) is 10.6. The fourth-order valence-electron chi connectivity index (χ4n) is 3.61. The summed E-state index contributed by atoms with van der Waals surface area (Å²) < 4.78 is 8.77. The molecule has 0 aliphatic heterocycles. The van der Waals surface area contributed by atoms with Gasteiger partial charge in [-0.3, -0.25) is 19.6 Å². The van der Waals surface area contributed by atoms with E-state index in [4.69, 9.17) is 4.74 Å². The van der Waals surface area contributed by atoms with E-state index >= 15 is 0 Å². The SMILES string of the molecule is Cc1cccc(Cn2nc(C)c(NC(=O)c3ccn(COc4ccccc4[N+](=O)[O-])n3)c2C)c1. The Kier molecular flexibility index (Phi) is 6.39. The molecule has 0 aliphatic rings. The standard InChI is InChI=1S/C24H24N6O4/c1-16-7-6-8-19(13-16)14-29-18(3)23(17(2)26-29)25-24(31)20-11-12-28(27-20)15-34-22-10-5-4-9-21(22)30(32)33/h4-13H,14-15H2,1-3H3,(H,25,31). The van der Waals surface area contributed by atoms with Crippen LogP contribution >= 0.6 is 0 Å². The van der Waals surface area contributed by atoms with Crippen molar-refractivity contribution in [1.29, 1.82) is 0 Å². The lowest BCUT2D eigenvalue weighted by atomic mass is 10.1. The molecule has 0 saturated carbocycles. The van der Waals surface area contributed by atoms with Gasteiger partial charge in [-0.05, 0) is 38.5 Å². The Labute approximate surface area is 195 Å². The number of carbonyl (C=O) groups is 1. The van der Waals surface area contributed by atoms with Gasteiger partial charge in [-0.1, -0.05) is 42.0 Å². The first kappa shape index (κ1) is 22.7. The molecule has 10 heteroatoms. The van der Waals surface area contributed by atoms with Gasteiger partial charge in [0.15, 0.2) is 18.2 Å². The third-order valence-corrected chi connectivity index (χ3v) is 5.32. The van der Waals surface area contributed by atoms with Crippen LogP contribution in [0.2, 0.25) is 0 Å². The molecule has 0 bridgehead atoms. The van der Waals surface area contributed by atoms with Crippen LogP contribution in [0.4, 0.5) is 11.4 Å². The van der Waals surface area contributed by atoms with Crippen LogP contribution < -0.4 is 10.1 Å². The van der Waals surface area contributed by atoms with Crippen molar-refractivity contribution in [3.8, 4) is 5.75 Å². The van der Waals surface area contributed by atoms with Gasteiger partial charge < -0.3 is 10.1 Å². The summed E-state index contributed by atoms with van der Waals surface area (Å²) in [6.07, 6.45) is 1.57. The van der Waals surface area contributed by atoms with Crippen LogP contribution in [-0.4, -0.2) is 30.4 Å². The second kappa shape index (κ2) is 9.57. The smallest absolute Gasteiger partial charge is 0.311 e. The number of aryl methyl sites for hydroxylation is 2. The van der Waals surface area contributed by atoms with Gasteiger partial charge in [0.2, 0.25) is 0 Å². The van der Waals surface area contributed by atoms with Crippen molar-refractivity contribution in [3.05, 3.63) is 99.1 Å². The van der Waals surface area contributed by atoms with Crippen LogP contribution in [0.3, 0.4) is 0 Å². The highest BCUT2D eigenvalue weighted by molar-refractivity contribution is 6.03. The number of hydrogen-bond donors (Lipinski definition) is 1. The van der Waals surface area contributed by atoms with Crippen LogP contribution in [0, 0.1) is 30.9 Å². The normalized spacial score (nSPS) is 10.8. The molecule has 0 unspecified atom stereocenters. The minimum atomic E-state index is -0.513. The summed E-state index contributed by atoms with van der Waals surface area (Å²) >= 11 is 0. The minimum Gasteiger partial charge on any atom is -0.464 e. The van der Waals surface area contributed by atoms with Crippen LogP contribution in [0.5, 0.6) is 5.75 Å². The maximum Gasteiger partial charge on any atom is 0.311 e. The van der Waals surface area contributed by atoms with Gasteiger partial charge in [-0.2, -0.15) is 10.2 Å². The maximum atomic E-state index is 12.8. The lowest BCUT2D eigenvalue weighted by Gasteiger charge is -2.07. The molecule has 0 radical (unpaired) electrons. The molecule has 0 atom stereocenters. The summed E-state index contributed by atoms with van der Waals surface area (Å²) in [5, 5.41) is 22.8. The van der Waals surface area contributed by atoms with Gasteiger partial charge in [-0.15, -0.1) is 0 Å². The minimum absolute atomic E-state index is 0.0788. The molecular weight excluding hydrogens is 436 g/mol. The molecule has 0 saturated heterocycles. The summed E-state index contributed by atoms with van der Waals surface area (Å²) in [6, 6.07) is 15.8. The van der Waals surface area contributed by atoms with E-state index in [2.05, 4.69) is 21.6 Å². The summed E-state index contributed by atoms with van der Waals surface area (Å²) in [4.78, 5) is 23.4. The van der Waals surface area contributed by atoms with Crippen molar-refractivity contribution in [2.45, 2.75) is 34.0 Å². The van der Waals surface area contributed by atoms with E-state index in [1.54, 1.807) is 24.4 Å². The van der Waals surface area contributed by atoms with Gasteiger partial charge >= 0.3 is 5.69 Å². The van der Waals surface area contributed by atoms with E-state index in [9.17, 15) is 14.9 Å². The highest BCUT2D eigenvalue weighted by Crippen LogP contribution is 2.26. The molecule has 0 fully saturated rings. The second-order valence-corrected chi connectivity index (χ2v) is 7.89. The lowest BCUT2D eigenvalue weighted by Crippen LogP contribution is -2.15. The van der Waals surface area contributed by atoms with Crippen LogP contribution in [0.25, 0.3) is 0 Å². The summed E-state index contributed by atoms with van der Waals surface area (Å²) in [5.41, 5.74) is 4.54. The maximum absolute atomic E-state index is 12.8. The summed E-state index contributed by atoms with van der Waals surface area (Å²) in [6.45, 7) is 6.31. The Morgan fingerprint density at radius 1 is 1.09 bits per heavy atom. The number of hydrogen-bond acceptors (Lipinski definition) is 6. The average Bonchev–Trinajstić information content (AvgIpc) is 3.38. The third kappa shape index (κ3) is 4.96. The van der Waals surface area contributed by atoms with E-state index in [0.717, 1.165) is 11.3 Å². The predicted octanol–water partition coefficient (Wildman–Crippen LogP) is 4.25. The Morgan fingerprint density at radius 2 is 1.88 bits per heavy atom. The Balaban J connectivity index is 1.43. The number of nitro groups is 1. The number of nitrogens with zero attached hydrogens (tertiary/aromatic N) is 5. The Hall–Kier alpha value is -4.47. The molecule has 1 N–H and O–H groups in total. The molecule has 0 aliphatic carbocycles. The van der Waals surface area contributed by atoms with Crippen molar-refractivity contribution in [1.82, 2.24) is 19.6 Å². The summed E-state index contributed by atoms with van der Waals surface area (Å²) in [7, 11) is 0. The van der Waals surface area contributed by atoms with Crippen LogP contribution in [-0.2, 0) is 13.3 Å². The molecule has 1 amide bonds. The highest BCUT2D eigenvalue weighted by atomic mass is 16.6. The van der Waals surface area contributed by atoms with Crippen molar-refractivity contribution >= 4 is 17.3 Å². The molecular formula is C24H24N6O4. The van der Waals surface area contributed by atoms with Gasteiger partial charge in [0.1, 0.15) is 0 Å². The Bertz CT molecular complexity index is 1360. The number of nitrogens with one attached hydrogen (secondary N) is 1. The van der Waals surface area contributed by atoms with Crippen molar-refractivity contribution in [3.63, 3.8) is 0 Å². The first-order valence-corrected chi connectivity index (χ1v) is 10.6. The number of anilines is 1. The topological polar surface area (TPSA) is 117 Å².